The Morgan fingerprint density at radius 2 is 1.23 bits per heavy atom. The van der Waals surface area contributed by atoms with E-state index in [1.54, 1.807) is 0 Å². The molecule has 0 aromatic rings. The molecule has 0 atom stereocenters. The van der Waals surface area contributed by atoms with Gasteiger partial charge in [-0.2, -0.15) is 8.42 Å². The van der Waals surface area contributed by atoms with Gasteiger partial charge in [-0.05, 0) is 20.3 Å². The van der Waals surface area contributed by atoms with E-state index in [0.717, 1.165) is 32.5 Å². The van der Waals surface area contributed by atoms with Crippen molar-refractivity contribution in [2.75, 3.05) is 26.4 Å². The van der Waals surface area contributed by atoms with Crippen molar-refractivity contribution in [1.82, 2.24) is 0 Å². The summed E-state index contributed by atoms with van der Waals surface area (Å²) in [4.78, 5) is 0. The van der Waals surface area contributed by atoms with Gasteiger partial charge in [-0.25, -0.2) is 8.37 Å². The van der Waals surface area contributed by atoms with Crippen LogP contribution in [0.3, 0.4) is 0 Å². The summed E-state index contributed by atoms with van der Waals surface area (Å²) in [5.74, 6) is 0. The van der Waals surface area contributed by atoms with Crippen LogP contribution >= 0.6 is 0 Å². The standard InChI is InChI=1S/C15H30O4S.C4H10O.Na.H/c1-3-5-6-7-8-9-10-11-12-13-15-19-20(16,17)18-14-4-2;1-3-5-4-2;;/h4H,2-3,5-15H2,1H3;3-4H2,1-2H3;;. The summed E-state index contributed by atoms with van der Waals surface area (Å²) in [5.41, 5.74) is 0. The van der Waals surface area contributed by atoms with Crippen LogP contribution < -0.4 is 0 Å². The number of ether oxygens (including phenoxy) is 1. The fourth-order valence-corrected chi connectivity index (χ4v) is 2.77. The molecule has 0 rings (SSSR count). The zero-order valence-corrected chi connectivity index (χ0v) is 17.4. The maximum absolute atomic E-state index is 11.2. The fourth-order valence-electron chi connectivity index (χ4n) is 2.12. The first kappa shape index (κ1) is 31.3. The summed E-state index contributed by atoms with van der Waals surface area (Å²) in [6.07, 6.45) is 13.4. The van der Waals surface area contributed by atoms with Crippen molar-refractivity contribution in [3.05, 3.63) is 12.7 Å². The molecule has 0 aromatic heterocycles. The van der Waals surface area contributed by atoms with Crippen molar-refractivity contribution in [2.24, 2.45) is 0 Å². The van der Waals surface area contributed by atoms with Gasteiger partial charge in [-0.15, -0.1) is 6.58 Å². The molecule has 0 fully saturated rings. The second-order valence-corrected chi connectivity index (χ2v) is 7.05. The van der Waals surface area contributed by atoms with Crippen LogP contribution in [0, 0.1) is 0 Å². The molecule has 154 valence electrons. The average molecular weight is 405 g/mol. The summed E-state index contributed by atoms with van der Waals surface area (Å²) < 4.78 is 36.4. The van der Waals surface area contributed by atoms with Gasteiger partial charge in [0, 0.05) is 13.2 Å². The van der Waals surface area contributed by atoms with E-state index in [1.165, 1.54) is 51.0 Å². The van der Waals surface area contributed by atoms with E-state index in [9.17, 15) is 8.42 Å². The second-order valence-electron chi connectivity index (χ2n) is 5.77. The molecule has 0 bridgehead atoms. The van der Waals surface area contributed by atoms with Gasteiger partial charge in [0.25, 0.3) is 0 Å². The van der Waals surface area contributed by atoms with Crippen LogP contribution in [0.4, 0.5) is 0 Å². The molecule has 0 spiro atoms. The third kappa shape index (κ3) is 29.3. The van der Waals surface area contributed by atoms with Gasteiger partial charge in [0.05, 0.1) is 13.2 Å². The number of hydrogen-bond donors (Lipinski definition) is 0. The fraction of sp³-hybridized carbons (Fsp3) is 0.895. The van der Waals surface area contributed by atoms with E-state index in [2.05, 4.69) is 17.7 Å². The summed E-state index contributed by atoms with van der Waals surface area (Å²) in [5, 5.41) is 0. The van der Waals surface area contributed by atoms with Gasteiger partial charge in [0.2, 0.25) is 0 Å². The maximum atomic E-state index is 11.2. The molecular weight excluding hydrogens is 363 g/mol. The van der Waals surface area contributed by atoms with E-state index in [4.69, 9.17) is 8.92 Å². The zero-order valence-electron chi connectivity index (χ0n) is 16.6. The van der Waals surface area contributed by atoms with E-state index in [0.29, 0.717) is 0 Å². The minimum absolute atomic E-state index is 0. The summed E-state index contributed by atoms with van der Waals surface area (Å²) in [6.45, 7) is 11.4. The van der Waals surface area contributed by atoms with Crippen molar-refractivity contribution < 1.29 is 21.5 Å². The number of unbranched alkanes of at least 4 members (excludes halogenated alkanes) is 9. The Bertz CT molecular complexity index is 359. The molecule has 0 heterocycles. The molecule has 0 N–H and O–H groups in total. The first-order valence-electron chi connectivity index (χ1n) is 9.76. The molecule has 0 aliphatic rings. The Balaban J connectivity index is -0.000000772. The van der Waals surface area contributed by atoms with E-state index >= 15 is 0 Å². The monoisotopic (exact) mass is 404 g/mol. The average Bonchev–Trinajstić information content (AvgIpc) is 2.59. The number of hydrogen-bond acceptors (Lipinski definition) is 5. The molecule has 0 aromatic carbocycles. The first-order chi connectivity index (χ1) is 12.0. The Kier molecular flexibility index (Phi) is 30.8. The molecule has 0 amide bonds. The van der Waals surface area contributed by atoms with Crippen LogP contribution in [0.1, 0.15) is 85.0 Å². The van der Waals surface area contributed by atoms with E-state index in [-0.39, 0.29) is 42.8 Å². The Morgan fingerprint density at radius 3 is 1.62 bits per heavy atom. The summed E-state index contributed by atoms with van der Waals surface area (Å²) in [6, 6.07) is 0. The third-order valence-electron chi connectivity index (χ3n) is 3.46. The van der Waals surface area contributed by atoms with Gasteiger partial charge >= 0.3 is 40.0 Å². The van der Waals surface area contributed by atoms with Crippen LogP contribution in [-0.4, -0.2) is 64.4 Å². The normalized spacial score (nSPS) is 10.6. The second kappa shape index (κ2) is 25.6. The summed E-state index contributed by atoms with van der Waals surface area (Å²) in [7, 11) is -3.83. The van der Waals surface area contributed by atoms with Crippen LogP contribution in [0.5, 0.6) is 0 Å². The SMILES string of the molecule is C=CCOS(=O)(=O)OCCCCCCCCCCCC.CCOCC.[NaH]. The van der Waals surface area contributed by atoms with E-state index in [1.807, 2.05) is 13.8 Å². The van der Waals surface area contributed by atoms with Crippen LogP contribution in [0.15, 0.2) is 12.7 Å². The summed E-state index contributed by atoms with van der Waals surface area (Å²) >= 11 is 0. The molecule has 0 aliphatic heterocycles. The Morgan fingerprint density at radius 1 is 0.769 bits per heavy atom. The molecule has 26 heavy (non-hydrogen) atoms. The zero-order chi connectivity index (χ0) is 19.2. The van der Waals surface area contributed by atoms with Crippen molar-refractivity contribution >= 4 is 40.0 Å². The molecule has 7 heteroatoms. The molecule has 0 saturated heterocycles. The molecule has 0 aliphatic carbocycles. The third-order valence-corrected chi connectivity index (χ3v) is 4.34. The molecule has 0 radical (unpaired) electrons. The predicted molar refractivity (Wildman–Crippen MR) is 112 cm³/mol. The topological polar surface area (TPSA) is 61.8 Å². The van der Waals surface area contributed by atoms with Gasteiger partial charge < -0.3 is 4.74 Å². The van der Waals surface area contributed by atoms with Crippen molar-refractivity contribution in [1.29, 1.82) is 0 Å². The van der Waals surface area contributed by atoms with Gasteiger partial charge in [-0.1, -0.05) is 70.8 Å². The van der Waals surface area contributed by atoms with Crippen molar-refractivity contribution in [2.45, 2.75) is 85.0 Å². The number of rotatable bonds is 17. The van der Waals surface area contributed by atoms with Gasteiger partial charge in [-0.3, -0.25) is 0 Å². The Hall–Kier alpha value is 0.570. The van der Waals surface area contributed by atoms with Gasteiger partial charge in [0.1, 0.15) is 0 Å². The minimum atomic E-state index is -3.83. The van der Waals surface area contributed by atoms with Crippen molar-refractivity contribution in [3.8, 4) is 0 Å². The molecular formula is C19H41NaO5S. The van der Waals surface area contributed by atoms with Gasteiger partial charge in [0.15, 0.2) is 0 Å². The van der Waals surface area contributed by atoms with Crippen LogP contribution in [0.25, 0.3) is 0 Å². The van der Waals surface area contributed by atoms with E-state index < -0.39 is 10.4 Å². The van der Waals surface area contributed by atoms with Crippen LogP contribution in [0.2, 0.25) is 0 Å². The molecule has 0 saturated carbocycles. The predicted octanol–water partition coefficient (Wildman–Crippen LogP) is 4.77. The molecule has 0 unspecified atom stereocenters. The quantitative estimate of drug-likeness (QED) is 0.199. The van der Waals surface area contributed by atoms with Crippen LogP contribution in [-0.2, 0) is 23.5 Å². The Labute approximate surface area is 184 Å². The van der Waals surface area contributed by atoms with Crippen molar-refractivity contribution in [3.63, 3.8) is 0 Å². The molecule has 5 nitrogen and oxygen atoms in total. The first-order valence-corrected chi connectivity index (χ1v) is 11.1.